The molecule has 1 aliphatic rings. The van der Waals surface area contributed by atoms with E-state index in [4.69, 9.17) is 4.74 Å². The molecule has 3 aromatic rings. The van der Waals surface area contributed by atoms with E-state index in [0.717, 1.165) is 33.9 Å². The summed E-state index contributed by atoms with van der Waals surface area (Å²) in [5, 5.41) is 0. The molecule has 1 aliphatic heterocycles. The Kier molecular flexibility index (Phi) is 4.78. The number of benzene rings is 3. The van der Waals surface area contributed by atoms with Gasteiger partial charge < -0.3 is 9.64 Å². The fraction of sp³-hybridized carbons (Fsp3) is 0.208. The van der Waals surface area contributed by atoms with Crippen LogP contribution in [0, 0.1) is 0 Å². The van der Waals surface area contributed by atoms with Gasteiger partial charge in [-0.25, -0.2) is 0 Å². The second kappa shape index (κ2) is 7.39. The number of anilines is 3. The van der Waals surface area contributed by atoms with Crippen molar-refractivity contribution in [2.75, 3.05) is 31.0 Å². The van der Waals surface area contributed by atoms with Crippen molar-refractivity contribution in [1.29, 1.82) is 0 Å². The molecule has 0 fully saturated rings. The van der Waals surface area contributed by atoms with E-state index < -0.39 is 0 Å². The predicted octanol–water partition coefficient (Wildman–Crippen LogP) is 4.77. The summed E-state index contributed by atoms with van der Waals surface area (Å²) in [6.45, 7) is 0. The van der Waals surface area contributed by atoms with Crippen molar-refractivity contribution in [2.24, 2.45) is 0 Å². The molecule has 1 heterocycles. The van der Waals surface area contributed by atoms with Gasteiger partial charge in [0.2, 0.25) is 5.91 Å². The van der Waals surface area contributed by atoms with Gasteiger partial charge in [-0.15, -0.1) is 0 Å². The molecule has 1 amide bonds. The lowest BCUT2D eigenvalue weighted by atomic mass is 9.93. The molecule has 0 aliphatic carbocycles. The summed E-state index contributed by atoms with van der Waals surface area (Å²) in [6, 6.07) is 24.1. The third-order valence-electron chi connectivity index (χ3n) is 5.29. The Balaban J connectivity index is 1.66. The fourth-order valence-electron chi connectivity index (χ4n) is 3.75. The van der Waals surface area contributed by atoms with E-state index in [1.807, 2.05) is 61.5 Å². The average Bonchev–Trinajstić information content (AvgIpc) is 3.00. The summed E-state index contributed by atoms with van der Waals surface area (Å²) < 4.78 is 5.25. The highest BCUT2D eigenvalue weighted by Crippen LogP contribution is 2.43. The van der Waals surface area contributed by atoms with Crippen LogP contribution in [0.2, 0.25) is 0 Å². The van der Waals surface area contributed by atoms with E-state index >= 15 is 0 Å². The summed E-state index contributed by atoms with van der Waals surface area (Å²) in [4.78, 5) is 17.3. The van der Waals surface area contributed by atoms with Crippen LogP contribution in [0.4, 0.5) is 17.1 Å². The zero-order chi connectivity index (χ0) is 19.7. The number of hydrogen-bond donors (Lipinski definition) is 0. The Hall–Kier alpha value is -3.27. The Morgan fingerprint density at radius 1 is 0.929 bits per heavy atom. The van der Waals surface area contributed by atoms with Crippen LogP contribution in [-0.4, -0.2) is 27.1 Å². The van der Waals surface area contributed by atoms with E-state index in [0.29, 0.717) is 6.42 Å². The van der Waals surface area contributed by atoms with Crippen molar-refractivity contribution in [1.82, 2.24) is 0 Å². The normalized spacial score (nSPS) is 15.5. The van der Waals surface area contributed by atoms with Crippen molar-refractivity contribution < 1.29 is 9.53 Å². The van der Waals surface area contributed by atoms with Gasteiger partial charge in [-0.3, -0.25) is 9.69 Å². The van der Waals surface area contributed by atoms with Gasteiger partial charge >= 0.3 is 0 Å². The molecular formula is C24H24N2O2. The number of para-hydroxylation sites is 1. The van der Waals surface area contributed by atoms with Crippen molar-refractivity contribution in [2.45, 2.75) is 12.3 Å². The molecule has 4 nitrogen and oxygen atoms in total. The van der Waals surface area contributed by atoms with Crippen molar-refractivity contribution in [3.63, 3.8) is 0 Å². The third kappa shape index (κ3) is 3.22. The number of fused-ring (bicyclic) bond motifs is 1. The first-order chi connectivity index (χ1) is 13.6. The molecule has 0 N–H and O–H groups in total. The molecule has 1 atom stereocenters. The number of rotatable bonds is 5. The van der Waals surface area contributed by atoms with Crippen LogP contribution in [-0.2, 0) is 11.2 Å². The quantitative estimate of drug-likeness (QED) is 0.647. The predicted molar refractivity (Wildman–Crippen MR) is 114 cm³/mol. The molecule has 0 aromatic heterocycles. The molecule has 142 valence electrons. The molecule has 1 unspecified atom stereocenters. The fourth-order valence-corrected chi connectivity index (χ4v) is 3.75. The van der Waals surface area contributed by atoms with E-state index in [9.17, 15) is 4.79 Å². The standard InChI is InChI=1S/C24H24N2O2/c1-25(2)18-10-8-17(9-11-18)16-22-21-6-4-5-7-23(21)26(24(22)27)19-12-14-20(28-3)15-13-19/h4-15,22H,16H2,1-3H3. The first kappa shape index (κ1) is 18.1. The highest BCUT2D eigenvalue weighted by Gasteiger charge is 2.37. The first-order valence-corrected chi connectivity index (χ1v) is 9.41. The molecule has 4 heteroatoms. The summed E-state index contributed by atoms with van der Waals surface area (Å²) in [6.07, 6.45) is 0.691. The first-order valence-electron chi connectivity index (χ1n) is 9.41. The molecule has 28 heavy (non-hydrogen) atoms. The highest BCUT2D eigenvalue weighted by atomic mass is 16.5. The second-order valence-corrected chi connectivity index (χ2v) is 7.25. The molecule has 0 saturated carbocycles. The van der Waals surface area contributed by atoms with Gasteiger partial charge in [-0.1, -0.05) is 30.3 Å². The molecule has 0 radical (unpaired) electrons. The zero-order valence-electron chi connectivity index (χ0n) is 16.4. The Labute approximate surface area is 166 Å². The van der Waals surface area contributed by atoms with Crippen LogP contribution < -0.4 is 14.5 Å². The summed E-state index contributed by atoms with van der Waals surface area (Å²) in [5.74, 6) is 0.716. The SMILES string of the molecule is COc1ccc(N2C(=O)C(Cc3ccc(N(C)C)cc3)c3ccccc32)cc1. The average molecular weight is 372 g/mol. The highest BCUT2D eigenvalue weighted by molar-refractivity contribution is 6.10. The molecule has 4 rings (SSSR count). The number of methoxy groups -OCH3 is 1. The molecule has 0 saturated heterocycles. The van der Waals surface area contributed by atoms with Gasteiger partial charge in [0.05, 0.1) is 18.7 Å². The number of hydrogen-bond acceptors (Lipinski definition) is 3. The van der Waals surface area contributed by atoms with E-state index in [1.54, 1.807) is 7.11 Å². The van der Waals surface area contributed by atoms with E-state index in [2.05, 4.69) is 35.2 Å². The summed E-state index contributed by atoms with van der Waals surface area (Å²) in [7, 11) is 5.69. The van der Waals surface area contributed by atoms with Crippen molar-refractivity contribution >= 4 is 23.0 Å². The number of nitrogens with zero attached hydrogens (tertiary/aromatic N) is 2. The van der Waals surface area contributed by atoms with E-state index in [1.165, 1.54) is 0 Å². The van der Waals surface area contributed by atoms with Gasteiger partial charge in [0.1, 0.15) is 5.75 Å². The minimum absolute atomic E-state index is 0.114. The summed E-state index contributed by atoms with van der Waals surface area (Å²) >= 11 is 0. The summed E-state index contributed by atoms with van der Waals surface area (Å²) in [5.41, 5.74) is 5.23. The molecular weight excluding hydrogens is 348 g/mol. The number of carbonyl (C=O) groups excluding carboxylic acids is 1. The minimum Gasteiger partial charge on any atom is -0.497 e. The van der Waals surface area contributed by atoms with Crippen LogP contribution in [0.1, 0.15) is 17.0 Å². The lowest BCUT2D eigenvalue weighted by Crippen LogP contribution is -2.24. The zero-order valence-corrected chi connectivity index (χ0v) is 16.4. The Bertz CT molecular complexity index is 978. The van der Waals surface area contributed by atoms with Crippen LogP contribution in [0.25, 0.3) is 0 Å². The molecule has 3 aromatic carbocycles. The van der Waals surface area contributed by atoms with E-state index in [-0.39, 0.29) is 11.8 Å². The number of ether oxygens (including phenoxy) is 1. The molecule has 0 spiro atoms. The Morgan fingerprint density at radius 2 is 1.61 bits per heavy atom. The maximum absolute atomic E-state index is 13.4. The van der Waals surface area contributed by atoms with Gasteiger partial charge in [0.15, 0.2) is 0 Å². The van der Waals surface area contributed by atoms with Crippen molar-refractivity contribution in [3.8, 4) is 5.75 Å². The smallest absolute Gasteiger partial charge is 0.239 e. The Morgan fingerprint density at radius 3 is 2.25 bits per heavy atom. The van der Waals surface area contributed by atoms with Gasteiger partial charge in [0, 0.05) is 25.5 Å². The minimum atomic E-state index is -0.177. The largest absolute Gasteiger partial charge is 0.497 e. The lowest BCUT2D eigenvalue weighted by molar-refractivity contribution is -0.118. The lowest BCUT2D eigenvalue weighted by Gasteiger charge is -2.19. The van der Waals surface area contributed by atoms with Gasteiger partial charge in [-0.2, -0.15) is 0 Å². The maximum Gasteiger partial charge on any atom is 0.239 e. The van der Waals surface area contributed by atoms with Crippen LogP contribution in [0.3, 0.4) is 0 Å². The van der Waals surface area contributed by atoms with Gasteiger partial charge in [0.25, 0.3) is 0 Å². The monoisotopic (exact) mass is 372 g/mol. The second-order valence-electron chi connectivity index (χ2n) is 7.25. The van der Waals surface area contributed by atoms with Gasteiger partial charge in [-0.05, 0) is 60.0 Å². The number of amides is 1. The topological polar surface area (TPSA) is 32.8 Å². The molecule has 0 bridgehead atoms. The maximum atomic E-state index is 13.4. The van der Waals surface area contributed by atoms with Crippen LogP contribution in [0.15, 0.2) is 72.8 Å². The van der Waals surface area contributed by atoms with Crippen LogP contribution >= 0.6 is 0 Å². The number of carbonyl (C=O) groups is 1. The van der Waals surface area contributed by atoms with Crippen LogP contribution in [0.5, 0.6) is 5.75 Å². The van der Waals surface area contributed by atoms with Crippen molar-refractivity contribution in [3.05, 3.63) is 83.9 Å². The third-order valence-corrected chi connectivity index (χ3v) is 5.29.